The van der Waals surface area contributed by atoms with Crippen LogP contribution in [-0.2, 0) is 6.61 Å². The van der Waals surface area contributed by atoms with Crippen LogP contribution < -0.4 is 4.74 Å². The largest absolute Gasteiger partial charge is 0.494 e. The SMILES string of the molecule is CCOc1ccc2ncc(CO)cc2c1. The molecule has 0 saturated carbocycles. The van der Waals surface area contributed by atoms with Crippen LogP contribution in [0.4, 0.5) is 0 Å². The number of aliphatic hydroxyl groups excluding tert-OH is 1. The van der Waals surface area contributed by atoms with E-state index in [-0.39, 0.29) is 6.61 Å². The fourth-order valence-electron chi connectivity index (χ4n) is 1.50. The highest BCUT2D eigenvalue weighted by Crippen LogP contribution is 2.20. The van der Waals surface area contributed by atoms with Crippen LogP contribution >= 0.6 is 0 Å². The van der Waals surface area contributed by atoms with Crippen molar-refractivity contribution in [2.75, 3.05) is 6.61 Å². The van der Waals surface area contributed by atoms with Crippen molar-refractivity contribution in [1.29, 1.82) is 0 Å². The monoisotopic (exact) mass is 203 g/mol. The molecule has 1 heterocycles. The molecule has 2 aromatic rings. The summed E-state index contributed by atoms with van der Waals surface area (Å²) in [5.74, 6) is 0.835. The number of hydrogen-bond acceptors (Lipinski definition) is 3. The second-order valence-electron chi connectivity index (χ2n) is 3.29. The standard InChI is InChI=1S/C12H13NO2/c1-2-15-11-3-4-12-10(6-11)5-9(8-14)7-13-12/h3-7,14H,2,8H2,1H3. The third-order valence-electron chi connectivity index (χ3n) is 2.20. The molecule has 15 heavy (non-hydrogen) atoms. The molecule has 3 nitrogen and oxygen atoms in total. The molecular formula is C12H13NO2. The molecule has 0 amide bonds. The van der Waals surface area contributed by atoms with Gasteiger partial charge >= 0.3 is 0 Å². The van der Waals surface area contributed by atoms with Crippen molar-refractivity contribution in [3.63, 3.8) is 0 Å². The molecule has 0 radical (unpaired) electrons. The molecule has 0 aliphatic carbocycles. The first kappa shape index (κ1) is 9.93. The minimum Gasteiger partial charge on any atom is -0.494 e. The Balaban J connectivity index is 2.48. The van der Waals surface area contributed by atoms with Crippen LogP contribution in [0.15, 0.2) is 30.5 Å². The molecule has 0 atom stereocenters. The van der Waals surface area contributed by atoms with Crippen LogP contribution in [0.3, 0.4) is 0 Å². The maximum atomic E-state index is 9.00. The van der Waals surface area contributed by atoms with Crippen molar-refractivity contribution in [1.82, 2.24) is 4.98 Å². The molecule has 2 rings (SSSR count). The summed E-state index contributed by atoms with van der Waals surface area (Å²) in [4.78, 5) is 4.24. The normalized spacial score (nSPS) is 10.5. The van der Waals surface area contributed by atoms with Gasteiger partial charge in [-0.05, 0) is 36.8 Å². The summed E-state index contributed by atoms with van der Waals surface area (Å²) >= 11 is 0. The molecule has 1 aromatic heterocycles. The number of rotatable bonds is 3. The number of fused-ring (bicyclic) bond motifs is 1. The average molecular weight is 203 g/mol. The van der Waals surface area contributed by atoms with E-state index in [4.69, 9.17) is 9.84 Å². The van der Waals surface area contributed by atoms with Crippen molar-refractivity contribution in [2.45, 2.75) is 13.5 Å². The molecule has 0 bridgehead atoms. The highest BCUT2D eigenvalue weighted by molar-refractivity contribution is 5.80. The van der Waals surface area contributed by atoms with Gasteiger partial charge in [0, 0.05) is 11.6 Å². The molecule has 0 spiro atoms. The Hall–Kier alpha value is -1.61. The molecule has 0 unspecified atom stereocenters. The van der Waals surface area contributed by atoms with Crippen molar-refractivity contribution in [2.24, 2.45) is 0 Å². The summed E-state index contributed by atoms with van der Waals surface area (Å²) < 4.78 is 5.40. The van der Waals surface area contributed by atoms with Gasteiger partial charge < -0.3 is 9.84 Å². The molecular weight excluding hydrogens is 190 g/mol. The Kier molecular flexibility index (Phi) is 2.83. The predicted molar refractivity (Wildman–Crippen MR) is 58.8 cm³/mol. The number of aliphatic hydroxyl groups is 1. The fraction of sp³-hybridized carbons (Fsp3) is 0.250. The van der Waals surface area contributed by atoms with Gasteiger partial charge in [0.15, 0.2) is 0 Å². The zero-order chi connectivity index (χ0) is 10.7. The first-order valence-corrected chi connectivity index (χ1v) is 4.96. The Morgan fingerprint density at radius 3 is 2.93 bits per heavy atom. The first-order valence-electron chi connectivity index (χ1n) is 4.96. The lowest BCUT2D eigenvalue weighted by atomic mass is 10.1. The van der Waals surface area contributed by atoms with E-state index in [9.17, 15) is 0 Å². The van der Waals surface area contributed by atoms with Gasteiger partial charge in [0.1, 0.15) is 5.75 Å². The lowest BCUT2D eigenvalue weighted by Gasteiger charge is -2.05. The van der Waals surface area contributed by atoms with Gasteiger partial charge in [-0.25, -0.2) is 0 Å². The Morgan fingerprint density at radius 2 is 2.20 bits per heavy atom. The number of hydrogen-bond donors (Lipinski definition) is 1. The molecule has 1 N–H and O–H groups in total. The molecule has 0 saturated heterocycles. The van der Waals surface area contributed by atoms with Gasteiger partial charge in [-0.1, -0.05) is 0 Å². The zero-order valence-corrected chi connectivity index (χ0v) is 8.60. The summed E-state index contributed by atoms with van der Waals surface area (Å²) in [6.45, 7) is 2.62. The molecule has 0 aliphatic rings. The molecule has 78 valence electrons. The minimum absolute atomic E-state index is 0.0157. The van der Waals surface area contributed by atoms with Crippen molar-refractivity contribution < 1.29 is 9.84 Å². The van der Waals surface area contributed by atoms with E-state index in [0.29, 0.717) is 6.61 Å². The quantitative estimate of drug-likeness (QED) is 0.830. The van der Waals surface area contributed by atoms with Gasteiger partial charge in [-0.15, -0.1) is 0 Å². The van der Waals surface area contributed by atoms with Crippen LogP contribution in [0.25, 0.3) is 10.9 Å². The Labute approximate surface area is 88.3 Å². The summed E-state index contributed by atoms with van der Waals surface area (Å²) in [6, 6.07) is 7.68. The van der Waals surface area contributed by atoms with Gasteiger partial charge in [-0.3, -0.25) is 4.98 Å². The predicted octanol–water partition coefficient (Wildman–Crippen LogP) is 2.13. The highest BCUT2D eigenvalue weighted by atomic mass is 16.5. The summed E-state index contributed by atoms with van der Waals surface area (Å²) in [7, 11) is 0. The summed E-state index contributed by atoms with van der Waals surface area (Å²) in [6.07, 6.45) is 1.68. The zero-order valence-electron chi connectivity index (χ0n) is 8.60. The minimum atomic E-state index is 0.0157. The van der Waals surface area contributed by atoms with Crippen LogP contribution in [0.2, 0.25) is 0 Å². The maximum Gasteiger partial charge on any atom is 0.120 e. The maximum absolute atomic E-state index is 9.00. The topological polar surface area (TPSA) is 42.4 Å². The number of benzene rings is 1. The van der Waals surface area contributed by atoms with E-state index in [1.54, 1.807) is 6.20 Å². The van der Waals surface area contributed by atoms with E-state index in [2.05, 4.69) is 4.98 Å². The number of pyridine rings is 1. The summed E-state index contributed by atoms with van der Waals surface area (Å²) in [5, 5.41) is 9.99. The lowest BCUT2D eigenvalue weighted by Crippen LogP contribution is -1.92. The van der Waals surface area contributed by atoms with Crippen molar-refractivity contribution in [3.05, 3.63) is 36.0 Å². The van der Waals surface area contributed by atoms with E-state index in [0.717, 1.165) is 22.2 Å². The summed E-state index contributed by atoms with van der Waals surface area (Å²) in [5.41, 5.74) is 1.73. The molecule has 1 aromatic carbocycles. The number of nitrogens with zero attached hydrogens (tertiary/aromatic N) is 1. The van der Waals surface area contributed by atoms with Crippen LogP contribution in [0.5, 0.6) is 5.75 Å². The van der Waals surface area contributed by atoms with E-state index < -0.39 is 0 Å². The van der Waals surface area contributed by atoms with Crippen LogP contribution in [0, 0.1) is 0 Å². The van der Waals surface area contributed by atoms with Crippen LogP contribution in [-0.4, -0.2) is 16.7 Å². The van der Waals surface area contributed by atoms with Gasteiger partial charge in [0.2, 0.25) is 0 Å². The molecule has 0 aliphatic heterocycles. The van der Waals surface area contributed by atoms with Crippen LogP contribution in [0.1, 0.15) is 12.5 Å². The number of aromatic nitrogens is 1. The van der Waals surface area contributed by atoms with E-state index in [1.165, 1.54) is 0 Å². The van der Waals surface area contributed by atoms with Gasteiger partial charge in [0.05, 0.1) is 18.7 Å². The fourth-order valence-corrected chi connectivity index (χ4v) is 1.50. The first-order chi connectivity index (χ1) is 7.33. The van der Waals surface area contributed by atoms with Crippen molar-refractivity contribution >= 4 is 10.9 Å². The van der Waals surface area contributed by atoms with Gasteiger partial charge in [0.25, 0.3) is 0 Å². The third-order valence-corrected chi connectivity index (χ3v) is 2.20. The molecule has 0 fully saturated rings. The van der Waals surface area contributed by atoms with Crippen molar-refractivity contribution in [3.8, 4) is 5.75 Å². The third kappa shape index (κ3) is 2.07. The van der Waals surface area contributed by atoms with E-state index in [1.807, 2.05) is 31.2 Å². The highest BCUT2D eigenvalue weighted by Gasteiger charge is 1.99. The molecule has 3 heteroatoms. The Bertz CT molecular complexity index is 468. The second-order valence-corrected chi connectivity index (χ2v) is 3.29. The number of ether oxygens (including phenoxy) is 1. The Morgan fingerprint density at radius 1 is 1.33 bits per heavy atom. The van der Waals surface area contributed by atoms with Gasteiger partial charge in [-0.2, -0.15) is 0 Å². The second kappa shape index (κ2) is 4.28. The average Bonchev–Trinajstić information content (AvgIpc) is 2.28. The van der Waals surface area contributed by atoms with E-state index >= 15 is 0 Å². The smallest absolute Gasteiger partial charge is 0.120 e. The lowest BCUT2D eigenvalue weighted by molar-refractivity contribution is 0.281.